The molecule has 2 heterocycles. The topological polar surface area (TPSA) is 121 Å². The van der Waals surface area contributed by atoms with Crippen molar-refractivity contribution >= 4 is 23.0 Å². The lowest BCUT2D eigenvalue weighted by Crippen LogP contribution is -2.26. The molecule has 18 heavy (non-hydrogen) atoms. The Morgan fingerprint density at radius 1 is 1.33 bits per heavy atom. The fraction of sp³-hybridized carbons (Fsp3) is 0.300. The summed E-state index contributed by atoms with van der Waals surface area (Å²) in [7, 11) is 0. The summed E-state index contributed by atoms with van der Waals surface area (Å²) in [4.78, 5) is 36.6. The van der Waals surface area contributed by atoms with Crippen molar-refractivity contribution in [1.82, 2.24) is 25.3 Å². The third-order valence-corrected chi connectivity index (χ3v) is 2.29. The van der Waals surface area contributed by atoms with E-state index in [1.165, 1.54) is 12.7 Å². The molecule has 0 aliphatic heterocycles. The zero-order valence-corrected chi connectivity index (χ0v) is 9.38. The zero-order chi connectivity index (χ0) is 13.0. The zero-order valence-electron chi connectivity index (χ0n) is 9.38. The van der Waals surface area contributed by atoms with Gasteiger partial charge in [-0.2, -0.15) is 0 Å². The number of imidazole rings is 1. The molecule has 2 aromatic heterocycles. The lowest BCUT2D eigenvalue weighted by Gasteiger charge is -2.03. The number of carboxylic acid groups (broad SMARTS) is 1. The molecule has 2 rings (SSSR count). The Morgan fingerprint density at radius 3 is 2.94 bits per heavy atom. The first-order valence-corrected chi connectivity index (χ1v) is 5.32. The second kappa shape index (κ2) is 5.21. The average molecular weight is 249 g/mol. The molecule has 0 unspecified atom stereocenters. The minimum Gasteiger partial charge on any atom is -0.481 e. The lowest BCUT2D eigenvalue weighted by molar-refractivity contribution is -0.137. The summed E-state index contributed by atoms with van der Waals surface area (Å²) in [6.07, 6.45) is 3.08. The second-order valence-corrected chi connectivity index (χ2v) is 3.58. The van der Waals surface area contributed by atoms with Crippen LogP contribution in [0.5, 0.6) is 0 Å². The first-order chi connectivity index (χ1) is 8.68. The van der Waals surface area contributed by atoms with Crippen LogP contribution in [0.15, 0.2) is 12.7 Å². The number of aliphatic carboxylic acids is 1. The lowest BCUT2D eigenvalue weighted by atomic mass is 10.3. The molecule has 0 bridgehead atoms. The highest BCUT2D eigenvalue weighted by molar-refractivity contribution is 6.01. The van der Waals surface area contributed by atoms with Crippen molar-refractivity contribution in [1.29, 1.82) is 0 Å². The number of nitrogens with zero attached hydrogens (tertiary/aromatic N) is 3. The van der Waals surface area contributed by atoms with E-state index in [0.29, 0.717) is 17.6 Å². The Morgan fingerprint density at radius 2 is 2.17 bits per heavy atom. The summed E-state index contributed by atoms with van der Waals surface area (Å²) in [6, 6.07) is 0. The van der Waals surface area contributed by atoms with Gasteiger partial charge in [0.25, 0.3) is 5.91 Å². The molecule has 94 valence electrons. The van der Waals surface area contributed by atoms with Crippen LogP contribution in [-0.4, -0.2) is 43.5 Å². The summed E-state index contributed by atoms with van der Waals surface area (Å²) >= 11 is 0. The number of aromatic nitrogens is 4. The van der Waals surface area contributed by atoms with Crippen LogP contribution in [0.2, 0.25) is 0 Å². The van der Waals surface area contributed by atoms with E-state index in [9.17, 15) is 9.59 Å². The van der Waals surface area contributed by atoms with Gasteiger partial charge in [-0.1, -0.05) is 0 Å². The van der Waals surface area contributed by atoms with Crippen molar-refractivity contribution < 1.29 is 14.7 Å². The molecule has 0 aliphatic rings. The van der Waals surface area contributed by atoms with Gasteiger partial charge >= 0.3 is 5.97 Å². The van der Waals surface area contributed by atoms with Crippen molar-refractivity contribution in [2.45, 2.75) is 12.8 Å². The van der Waals surface area contributed by atoms with Gasteiger partial charge in [-0.05, 0) is 6.42 Å². The Balaban J connectivity index is 2.00. The van der Waals surface area contributed by atoms with E-state index in [4.69, 9.17) is 5.11 Å². The number of aromatic amines is 1. The summed E-state index contributed by atoms with van der Waals surface area (Å²) in [6.45, 7) is 0.283. The third-order valence-electron chi connectivity index (χ3n) is 2.29. The number of fused-ring (bicyclic) bond motifs is 1. The van der Waals surface area contributed by atoms with Gasteiger partial charge in [0, 0.05) is 13.0 Å². The van der Waals surface area contributed by atoms with Crippen LogP contribution in [0.1, 0.15) is 23.3 Å². The number of nitrogens with one attached hydrogen (secondary N) is 2. The van der Waals surface area contributed by atoms with E-state index in [1.807, 2.05) is 0 Å². The van der Waals surface area contributed by atoms with Crippen molar-refractivity contribution in [2.24, 2.45) is 0 Å². The van der Waals surface area contributed by atoms with Crippen molar-refractivity contribution in [3.63, 3.8) is 0 Å². The second-order valence-electron chi connectivity index (χ2n) is 3.58. The van der Waals surface area contributed by atoms with Gasteiger partial charge in [-0.15, -0.1) is 0 Å². The van der Waals surface area contributed by atoms with Gasteiger partial charge in [-0.3, -0.25) is 9.59 Å². The first kappa shape index (κ1) is 12.0. The van der Waals surface area contributed by atoms with Crippen LogP contribution in [0.4, 0.5) is 0 Å². The van der Waals surface area contributed by atoms with E-state index in [0.717, 1.165) is 0 Å². The molecule has 0 saturated heterocycles. The highest BCUT2D eigenvalue weighted by Gasteiger charge is 2.13. The molecule has 2 aromatic rings. The summed E-state index contributed by atoms with van der Waals surface area (Å²) in [5.74, 6) is -1.26. The quantitative estimate of drug-likeness (QED) is 0.639. The number of rotatable bonds is 5. The molecule has 0 atom stereocenters. The fourth-order valence-corrected chi connectivity index (χ4v) is 1.46. The number of amides is 1. The minimum absolute atomic E-state index is 0.0174. The van der Waals surface area contributed by atoms with Gasteiger partial charge in [0.15, 0.2) is 11.3 Å². The van der Waals surface area contributed by atoms with Crippen LogP contribution >= 0.6 is 0 Å². The minimum atomic E-state index is -0.887. The van der Waals surface area contributed by atoms with E-state index in [-0.39, 0.29) is 24.6 Å². The van der Waals surface area contributed by atoms with Crippen LogP contribution in [-0.2, 0) is 4.79 Å². The Kier molecular flexibility index (Phi) is 3.46. The molecule has 0 fully saturated rings. The van der Waals surface area contributed by atoms with Crippen LogP contribution in [0.25, 0.3) is 11.2 Å². The van der Waals surface area contributed by atoms with Gasteiger partial charge in [0.05, 0.1) is 6.33 Å². The number of H-pyrrole nitrogens is 1. The van der Waals surface area contributed by atoms with E-state index >= 15 is 0 Å². The van der Waals surface area contributed by atoms with Gasteiger partial charge < -0.3 is 15.4 Å². The maximum absolute atomic E-state index is 11.8. The van der Waals surface area contributed by atoms with Crippen molar-refractivity contribution in [3.8, 4) is 0 Å². The summed E-state index contributed by atoms with van der Waals surface area (Å²) in [5, 5.41) is 11.1. The van der Waals surface area contributed by atoms with E-state index < -0.39 is 5.97 Å². The highest BCUT2D eigenvalue weighted by atomic mass is 16.4. The Hall–Kier alpha value is -2.51. The van der Waals surface area contributed by atoms with Gasteiger partial charge in [-0.25, -0.2) is 15.0 Å². The monoisotopic (exact) mass is 249 g/mol. The largest absolute Gasteiger partial charge is 0.481 e. The molecule has 0 spiro atoms. The van der Waals surface area contributed by atoms with Crippen LogP contribution < -0.4 is 5.32 Å². The number of carbonyl (C=O) groups excluding carboxylic acids is 1. The van der Waals surface area contributed by atoms with Gasteiger partial charge in [0.1, 0.15) is 11.8 Å². The maximum atomic E-state index is 11.8. The van der Waals surface area contributed by atoms with Gasteiger partial charge in [0.2, 0.25) is 0 Å². The standard InChI is InChI=1S/C10H11N5O3/c16-6(17)2-1-3-11-10(18)8-7-9(14-4-12-7)15-5-13-8/h4-5H,1-3H2,(H,11,18)(H,16,17)(H,12,13,14,15). The highest BCUT2D eigenvalue weighted by Crippen LogP contribution is 2.08. The Bertz CT molecular complexity index is 580. The summed E-state index contributed by atoms with van der Waals surface area (Å²) in [5.41, 5.74) is 1.08. The molecule has 0 saturated carbocycles. The maximum Gasteiger partial charge on any atom is 0.303 e. The van der Waals surface area contributed by atoms with Crippen LogP contribution in [0, 0.1) is 0 Å². The molecule has 3 N–H and O–H groups in total. The molecule has 0 aromatic carbocycles. The third kappa shape index (κ3) is 2.59. The molecule has 8 heteroatoms. The van der Waals surface area contributed by atoms with Crippen LogP contribution in [0.3, 0.4) is 0 Å². The molecule has 0 aliphatic carbocycles. The average Bonchev–Trinajstić information content (AvgIpc) is 2.82. The van der Waals surface area contributed by atoms with E-state index in [2.05, 4.69) is 25.3 Å². The van der Waals surface area contributed by atoms with Crippen molar-refractivity contribution in [2.75, 3.05) is 6.54 Å². The smallest absolute Gasteiger partial charge is 0.303 e. The Labute approximate surface area is 101 Å². The number of hydrogen-bond acceptors (Lipinski definition) is 5. The molecular formula is C10H11N5O3. The predicted molar refractivity (Wildman–Crippen MR) is 60.9 cm³/mol. The first-order valence-electron chi connectivity index (χ1n) is 5.32. The molecular weight excluding hydrogens is 238 g/mol. The number of carboxylic acids is 1. The molecule has 8 nitrogen and oxygen atoms in total. The predicted octanol–water partition coefficient (Wildman–Crippen LogP) is -0.0525. The fourth-order valence-electron chi connectivity index (χ4n) is 1.46. The number of carbonyl (C=O) groups is 2. The number of hydrogen-bond donors (Lipinski definition) is 3. The summed E-state index contributed by atoms with van der Waals surface area (Å²) < 4.78 is 0. The SMILES string of the molecule is O=C(O)CCCNC(=O)c1ncnc2nc[nH]c12. The normalized spacial score (nSPS) is 10.4. The van der Waals surface area contributed by atoms with E-state index in [1.54, 1.807) is 0 Å². The molecule has 0 radical (unpaired) electrons. The molecule has 1 amide bonds. The van der Waals surface area contributed by atoms with Crippen molar-refractivity contribution in [3.05, 3.63) is 18.3 Å².